The van der Waals surface area contributed by atoms with E-state index in [2.05, 4.69) is 0 Å². The van der Waals surface area contributed by atoms with E-state index < -0.39 is 5.97 Å². The fraction of sp³-hybridized carbons (Fsp3) is 0.400. The number of carbonyl (C=O) groups excluding carboxylic acids is 2. The van der Waals surface area contributed by atoms with Crippen LogP contribution in [0.25, 0.3) is 0 Å². The van der Waals surface area contributed by atoms with Crippen molar-refractivity contribution in [3.8, 4) is 0 Å². The average Bonchev–Trinajstić information content (AvgIpc) is 2.90. The topological polar surface area (TPSA) is 77.9 Å². The first-order valence-electron chi connectivity index (χ1n) is 6.86. The number of benzene rings is 1. The third-order valence-electron chi connectivity index (χ3n) is 3.49. The van der Waals surface area contributed by atoms with Crippen LogP contribution in [-0.4, -0.2) is 47.9 Å². The highest BCUT2D eigenvalue weighted by molar-refractivity contribution is 5.99. The molecule has 0 unspecified atom stereocenters. The molecule has 1 aromatic rings. The van der Waals surface area contributed by atoms with Crippen LogP contribution < -0.4 is 4.90 Å². The minimum absolute atomic E-state index is 0.0684. The molecule has 1 aliphatic rings. The zero-order chi connectivity index (χ0) is 15.4. The van der Waals surface area contributed by atoms with Gasteiger partial charge in [-0.05, 0) is 24.6 Å². The van der Waals surface area contributed by atoms with Gasteiger partial charge in [0.05, 0.1) is 6.42 Å². The number of carbonyl (C=O) groups is 3. The van der Waals surface area contributed by atoms with Crippen LogP contribution in [0, 0.1) is 0 Å². The standard InChI is InChI=1S/C15H18N2O4/c1-16(9-7-14(19)20)15(21)11-4-2-5-12(10-11)17-8-3-6-13(17)18/h2,4-5,10H,3,6-9H2,1H3,(H,19,20). The third-order valence-corrected chi connectivity index (χ3v) is 3.49. The summed E-state index contributed by atoms with van der Waals surface area (Å²) in [6.07, 6.45) is 1.28. The fourth-order valence-electron chi connectivity index (χ4n) is 2.31. The van der Waals surface area contributed by atoms with Gasteiger partial charge < -0.3 is 14.9 Å². The Labute approximate surface area is 123 Å². The van der Waals surface area contributed by atoms with E-state index in [1.807, 2.05) is 0 Å². The lowest BCUT2D eigenvalue weighted by molar-refractivity contribution is -0.137. The second kappa shape index (κ2) is 6.39. The van der Waals surface area contributed by atoms with Crippen LogP contribution in [0.1, 0.15) is 29.6 Å². The number of nitrogens with zero attached hydrogens (tertiary/aromatic N) is 2. The first-order chi connectivity index (χ1) is 9.99. The molecule has 1 fully saturated rings. The molecule has 1 aromatic carbocycles. The van der Waals surface area contributed by atoms with Gasteiger partial charge in [-0.15, -0.1) is 0 Å². The molecule has 0 aromatic heterocycles. The van der Waals surface area contributed by atoms with E-state index in [1.54, 1.807) is 36.2 Å². The van der Waals surface area contributed by atoms with Crippen molar-refractivity contribution in [1.82, 2.24) is 4.90 Å². The Morgan fingerprint density at radius 2 is 2.14 bits per heavy atom. The Hall–Kier alpha value is -2.37. The molecule has 0 radical (unpaired) electrons. The number of aliphatic carboxylic acids is 1. The molecule has 21 heavy (non-hydrogen) atoms. The maximum Gasteiger partial charge on any atom is 0.305 e. The molecular formula is C15H18N2O4. The minimum atomic E-state index is -0.939. The predicted octanol–water partition coefficient (Wildman–Crippen LogP) is 1.36. The molecule has 1 saturated heterocycles. The second-order valence-corrected chi connectivity index (χ2v) is 5.07. The maximum absolute atomic E-state index is 12.2. The summed E-state index contributed by atoms with van der Waals surface area (Å²) in [7, 11) is 1.57. The highest BCUT2D eigenvalue weighted by Gasteiger charge is 2.22. The van der Waals surface area contributed by atoms with Gasteiger partial charge in [0.15, 0.2) is 0 Å². The lowest BCUT2D eigenvalue weighted by atomic mass is 10.1. The molecule has 0 spiro atoms. The van der Waals surface area contributed by atoms with Crippen LogP contribution in [0.2, 0.25) is 0 Å². The Morgan fingerprint density at radius 3 is 2.76 bits per heavy atom. The van der Waals surface area contributed by atoms with Gasteiger partial charge in [0.25, 0.3) is 5.91 Å². The average molecular weight is 290 g/mol. The van der Waals surface area contributed by atoms with Crippen LogP contribution in [0.15, 0.2) is 24.3 Å². The van der Waals surface area contributed by atoms with Crippen molar-refractivity contribution in [2.24, 2.45) is 0 Å². The van der Waals surface area contributed by atoms with Gasteiger partial charge in [0.1, 0.15) is 0 Å². The summed E-state index contributed by atoms with van der Waals surface area (Å²) >= 11 is 0. The molecule has 0 atom stereocenters. The van der Waals surface area contributed by atoms with Crippen LogP contribution in [-0.2, 0) is 9.59 Å². The number of hydrogen-bond acceptors (Lipinski definition) is 3. The SMILES string of the molecule is CN(CCC(=O)O)C(=O)c1cccc(N2CCCC2=O)c1. The molecule has 2 rings (SSSR count). The second-order valence-electron chi connectivity index (χ2n) is 5.07. The quantitative estimate of drug-likeness (QED) is 0.888. The lowest BCUT2D eigenvalue weighted by Gasteiger charge is -2.19. The van der Waals surface area contributed by atoms with Gasteiger partial charge in [-0.1, -0.05) is 6.07 Å². The van der Waals surface area contributed by atoms with Crippen molar-refractivity contribution in [2.45, 2.75) is 19.3 Å². The minimum Gasteiger partial charge on any atom is -0.481 e. The monoisotopic (exact) mass is 290 g/mol. The molecule has 0 bridgehead atoms. The number of amides is 2. The van der Waals surface area contributed by atoms with E-state index in [0.717, 1.165) is 12.1 Å². The molecular weight excluding hydrogens is 272 g/mol. The van der Waals surface area contributed by atoms with Crippen molar-refractivity contribution >= 4 is 23.5 Å². The molecule has 2 amide bonds. The van der Waals surface area contributed by atoms with E-state index in [-0.39, 0.29) is 24.8 Å². The third kappa shape index (κ3) is 3.59. The van der Waals surface area contributed by atoms with Gasteiger partial charge in [0, 0.05) is 37.8 Å². The molecule has 1 aliphatic heterocycles. The Morgan fingerprint density at radius 1 is 1.38 bits per heavy atom. The zero-order valence-corrected chi connectivity index (χ0v) is 11.9. The lowest BCUT2D eigenvalue weighted by Crippen LogP contribution is -2.29. The highest BCUT2D eigenvalue weighted by atomic mass is 16.4. The van der Waals surface area contributed by atoms with E-state index in [0.29, 0.717) is 18.5 Å². The number of rotatable bonds is 5. The van der Waals surface area contributed by atoms with E-state index in [4.69, 9.17) is 5.11 Å². The summed E-state index contributed by atoms with van der Waals surface area (Å²) in [5.74, 6) is -1.12. The Kier molecular flexibility index (Phi) is 4.57. The molecule has 0 aliphatic carbocycles. The van der Waals surface area contributed by atoms with Gasteiger partial charge in [0.2, 0.25) is 5.91 Å². The highest BCUT2D eigenvalue weighted by Crippen LogP contribution is 2.22. The molecule has 6 heteroatoms. The van der Waals surface area contributed by atoms with Crippen molar-refractivity contribution < 1.29 is 19.5 Å². The predicted molar refractivity (Wildman–Crippen MR) is 77.2 cm³/mol. The van der Waals surface area contributed by atoms with Crippen molar-refractivity contribution in [1.29, 1.82) is 0 Å². The van der Waals surface area contributed by atoms with Crippen LogP contribution >= 0.6 is 0 Å². The largest absolute Gasteiger partial charge is 0.481 e. The van der Waals surface area contributed by atoms with Crippen LogP contribution in [0.5, 0.6) is 0 Å². The normalized spacial score (nSPS) is 14.3. The van der Waals surface area contributed by atoms with Gasteiger partial charge in [-0.2, -0.15) is 0 Å². The van der Waals surface area contributed by atoms with Crippen LogP contribution in [0.4, 0.5) is 5.69 Å². The summed E-state index contributed by atoms with van der Waals surface area (Å²) in [4.78, 5) is 37.6. The summed E-state index contributed by atoms with van der Waals surface area (Å²) in [6, 6.07) is 6.89. The molecule has 1 N–H and O–H groups in total. The molecule has 112 valence electrons. The zero-order valence-electron chi connectivity index (χ0n) is 11.9. The molecule has 0 saturated carbocycles. The summed E-state index contributed by atoms with van der Waals surface area (Å²) in [6.45, 7) is 0.826. The first kappa shape index (κ1) is 15.0. The Bertz CT molecular complexity index is 571. The van der Waals surface area contributed by atoms with Crippen molar-refractivity contribution in [3.63, 3.8) is 0 Å². The van der Waals surface area contributed by atoms with Gasteiger partial charge in [-0.25, -0.2) is 0 Å². The summed E-state index contributed by atoms with van der Waals surface area (Å²) in [5.41, 5.74) is 1.18. The summed E-state index contributed by atoms with van der Waals surface area (Å²) in [5, 5.41) is 8.65. The molecule has 1 heterocycles. The van der Waals surface area contributed by atoms with E-state index in [9.17, 15) is 14.4 Å². The fourth-order valence-corrected chi connectivity index (χ4v) is 2.31. The van der Waals surface area contributed by atoms with E-state index >= 15 is 0 Å². The smallest absolute Gasteiger partial charge is 0.305 e. The number of carboxylic acid groups (broad SMARTS) is 1. The van der Waals surface area contributed by atoms with Gasteiger partial charge >= 0.3 is 5.97 Å². The summed E-state index contributed by atoms with van der Waals surface area (Å²) < 4.78 is 0. The van der Waals surface area contributed by atoms with Crippen molar-refractivity contribution in [3.05, 3.63) is 29.8 Å². The molecule has 6 nitrogen and oxygen atoms in total. The van der Waals surface area contributed by atoms with Crippen LogP contribution in [0.3, 0.4) is 0 Å². The van der Waals surface area contributed by atoms with Gasteiger partial charge in [-0.3, -0.25) is 14.4 Å². The first-order valence-corrected chi connectivity index (χ1v) is 6.86. The number of hydrogen-bond donors (Lipinski definition) is 1. The maximum atomic E-state index is 12.2. The Balaban J connectivity index is 2.11. The number of anilines is 1. The van der Waals surface area contributed by atoms with E-state index in [1.165, 1.54) is 4.90 Å². The van der Waals surface area contributed by atoms with Crippen molar-refractivity contribution in [2.75, 3.05) is 25.0 Å². The number of carboxylic acids is 1.